The third-order valence-corrected chi connectivity index (χ3v) is 2.17. The number of rotatable bonds is 4. The molecular weight excluding hydrogens is 192 g/mol. The van der Waals surface area contributed by atoms with Crippen molar-refractivity contribution < 1.29 is 4.79 Å². The van der Waals surface area contributed by atoms with Gasteiger partial charge in [-0.2, -0.15) is 5.10 Å². The summed E-state index contributed by atoms with van der Waals surface area (Å²) in [5, 5.41) is 3.92. The molecule has 1 aromatic heterocycles. The van der Waals surface area contributed by atoms with E-state index in [4.69, 9.17) is 6.42 Å². The summed E-state index contributed by atoms with van der Waals surface area (Å²) < 4.78 is 1.52. The Balaban J connectivity index is 2.71. The normalized spacial score (nSPS) is 11.8. The van der Waals surface area contributed by atoms with Gasteiger partial charge < -0.3 is 4.90 Å². The molecule has 0 aliphatic rings. The molecule has 1 atom stereocenters. The molecule has 0 aliphatic carbocycles. The van der Waals surface area contributed by atoms with Crippen LogP contribution in [0.25, 0.3) is 0 Å². The summed E-state index contributed by atoms with van der Waals surface area (Å²) >= 11 is 0. The van der Waals surface area contributed by atoms with Crippen LogP contribution < -0.4 is 0 Å². The Hall–Kier alpha value is -1.83. The van der Waals surface area contributed by atoms with Gasteiger partial charge in [0.1, 0.15) is 18.7 Å². The molecule has 0 spiro atoms. The van der Waals surface area contributed by atoms with Crippen molar-refractivity contribution in [1.29, 1.82) is 0 Å². The summed E-state index contributed by atoms with van der Waals surface area (Å²) in [6.45, 7) is 4.59. The molecule has 0 fully saturated rings. The van der Waals surface area contributed by atoms with Crippen LogP contribution in [0.15, 0.2) is 12.7 Å². The predicted molar refractivity (Wildman–Crippen MR) is 55.8 cm³/mol. The number of amides is 1. The van der Waals surface area contributed by atoms with Crippen LogP contribution in [0.2, 0.25) is 0 Å². The average Bonchev–Trinajstić information content (AvgIpc) is 2.77. The predicted octanol–water partition coefficient (Wildman–Crippen LogP) is 0.321. The maximum atomic E-state index is 11.9. The fourth-order valence-corrected chi connectivity index (χ4v) is 1.25. The van der Waals surface area contributed by atoms with Crippen molar-refractivity contribution >= 4 is 5.91 Å². The average molecular weight is 206 g/mol. The van der Waals surface area contributed by atoms with Gasteiger partial charge in [0.2, 0.25) is 5.91 Å². The highest BCUT2D eigenvalue weighted by Gasteiger charge is 2.20. The lowest BCUT2D eigenvalue weighted by Gasteiger charge is -2.21. The summed E-state index contributed by atoms with van der Waals surface area (Å²) in [5.74, 6) is 2.42. The van der Waals surface area contributed by atoms with Crippen LogP contribution in [0.5, 0.6) is 0 Å². The van der Waals surface area contributed by atoms with E-state index in [1.54, 1.807) is 11.8 Å². The smallest absolute Gasteiger partial charge is 0.247 e. The van der Waals surface area contributed by atoms with Gasteiger partial charge >= 0.3 is 0 Å². The highest BCUT2D eigenvalue weighted by molar-refractivity contribution is 5.80. The largest absolute Gasteiger partial charge is 0.330 e. The maximum absolute atomic E-state index is 11.9. The van der Waals surface area contributed by atoms with Crippen molar-refractivity contribution in [1.82, 2.24) is 19.7 Å². The molecular formula is C10H14N4O. The van der Waals surface area contributed by atoms with E-state index in [9.17, 15) is 4.79 Å². The lowest BCUT2D eigenvalue weighted by atomic mass is 10.3. The van der Waals surface area contributed by atoms with Gasteiger partial charge in [0.05, 0.1) is 6.54 Å². The minimum Gasteiger partial charge on any atom is -0.330 e. The monoisotopic (exact) mass is 206 g/mol. The lowest BCUT2D eigenvalue weighted by molar-refractivity contribution is -0.133. The van der Waals surface area contributed by atoms with Crippen LogP contribution in [0.3, 0.4) is 0 Å². The topological polar surface area (TPSA) is 51.0 Å². The second-order valence-electron chi connectivity index (χ2n) is 3.11. The van der Waals surface area contributed by atoms with Crippen molar-refractivity contribution in [2.45, 2.75) is 19.9 Å². The minimum absolute atomic E-state index is 0.0408. The van der Waals surface area contributed by atoms with E-state index in [-0.39, 0.29) is 11.9 Å². The number of carbonyl (C=O) groups is 1. The first kappa shape index (κ1) is 11.2. The Bertz CT molecular complexity index is 352. The standard InChI is InChI=1S/C10H14N4O/c1-4-6-13(5-2)10(15)9(3)14-8-11-7-12-14/h1,7-9H,5-6H2,2-3H3. The molecule has 0 radical (unpaired) electrons. The molecule has 5 heteroatoms. The van der Waals surface area contributed by atoms with Crippen molar-refractivity contribution in [3.63, 3.8) is 0 Å². The summed E-state index contributed by atoms with van der Waals surface area (Å²) in [6.07, 6.45) is 8.11. The molecule has 0 bridgehead atoms. The zero-order valence-electron chi connectivity index (χ0n) is 8.92. The van der Waals surface area contributed by atoms with Gasteiger partial charge in [-0.15, -0.1) is 6.42 Å². The van der Waals surface area contributed by atoms with Gasteiger partial charge in [0.15, 0.2) is 0 Å². The molecule has 0 aromatic carbocycles. The van der Waals surface area contributed by atoms with Gasteiger partial charge in [0, 0.05) is 6.54 Å². The summed E-state index contributed by atoms with van der Waals surface area (Å²) in [5.41, 5.74) is 0. The van der Waals surface area contributed by atoms with Crippen molar-refractivity contribution in [3.05, 3.63) is 12.7 Å². The van der Waals surface area contributed by atoms with Crippen LogP contribution in [0, 0.1) is 12.3 Å². The molecule has 0 saturated heterocycles. The first-order valence-corrected chi connectivity index (χ1v) is 4.77. The van der Waals surface area contributed by atoms with Crippen LogP contribution in [-0.2, 0) is 4.79 Å². The van der Waals surface area contributed by atoms with Gasteiger partial charge in [-0.05, 0) is 13.8 Å². The minimum atomic E-state index is -0.360. The molecule has 0 aliphatic heterocycles. The molecule has 15 heavy (non-hydrogen) atoms. The van der Waals surface area contributed by atoms with E-state index < -0.39 is 0 Å². The van der Waals surface area contributed by atoms with Crippen LogP contribution in [0.1, 0.15) is 19.9 Å². The number of nitrogens with zero attached hydrogens (tertiary/aromatic N) is 4. The van der Waals surface area contributed by atoms with Gasteiger partial charge in [-0.3, -0.25) is 4.79 Å². The zero-order valence-corrected chi connectivity index (χ0v) is 8.92. The molecule has 1 amide bonds. The third kappa shape index (κ3) is 2.56. The fraction of sp³-hybridized carbons (Fsp3) is 0.500. The van der Waals surface area contributed by atoms with Crippen molar-refractivity contribution in [3.8, 4) is 12.3 Å². The summed E-state index contributed by atoms with van der Waals surface area (Å²) in [7, 11) is 0. The summed E-state index contributed by atoms with van der Waals surface area (Å²) in [4.78, 5) is 17.3. The first-order chi connectivity index (χ1) is 7.20. The van der Waals surface area contributed by atoms with Crippen LogP contribution >= 0.6 is 0 Å². The molecule has 1 unspecified atom stereocenters. The van der Waals surface area contributed by atoms with Crippen LogP contribution in [0.4, 0.5) is 0 Å². The van der Waals surface area contributed by atoms with E-state index in [0.29, 0.717) is 13.1 Å². The number of likely N-dealkylation sites (N-methyl/N-ethyl adjacent to an activating group) is 1. The first-order valence-electron chi connectivity index (χ1n) is 4.77. The second kappa shape index (κ2) is 5.15. The van der Waals surface area contributed by atoms with E-state index in [1.165, 1.54) is 17.3 Å². The maximum Gasteiger partial charge on any atom is 0.247 e. The SMILES string of the molecule is C#CCN(CC)C(=O)C(C)n1cncn1. The number of aromatic nitrogens is 3. The number of hydrogen-bond acceptors (Lipinski definition) is 3. The lowest BCUT2D eigenvalue weighted by Crippen LogP contribution is -2.36. The summed E-state index contributed by atoms with van der Waals surface area (Å²) in [6, 6.07) is -0.360. The molecule has 1 aromatic rings. The Morgan fingerprint density at radius 1 is 1.73 bits per heavy atom. The number of carbonyl (C=O) groups excluding carboxylic acids is 1. The Kier molecular flexibility index (Phi) is 3.86. The molecule has 1 heterocycles. The number of hydrogen-bond donors (Lipinski definition) is 0. The number of terminal acetylenes is 1. The highest BCUT2D eigenvalue weighted by atomic mass is 16.2. The zero-order chi connectivity index (χ0) is 11.3. The third-order valence-electron chi connectivity index (χ3n) is 2.17. The molecule has 0 saturated carbocycles. The van der Waals surface area contributed by atoms with Crippen LogP contribution in [-0.4, -0.2) is 38.7 Å². The second-order valence-corrected chi connectivity index (χ2v) is 3.11. The Morgan fingerprint density at radius 2 is 2.47 bits per heavy atom. The van der Waals surface area contributed by atoms with Crippen molar-refractivity contribution in [2.24, 2.45) is 0 Å². The van der Waals surface area contributed by atoms with Gasteiger partial charge in [-0.25, -0.2) is 9.67 Å². The van der Waals surface area contributed by atoms with E-state index in [0.717, 1.165) is 0 Å². The van der Waals surface area contributed by atoms with Gasteiger partial charge in [0.25, 0.3) is 0 Å². The van der Waals surface area contributed by atoms with E-state index in [2.05, 4.69) is 16.0 Å². The molecule has 1 rings (SSSR count). The van der Waals surface area contributed by atoms with E-state index >= 15 is 0 Å². The quantitative estimate of drug-likeness (QED) is 0.667. The van der Waals surface area contributed by atoms with E-state index in [1.807, 2.05) is 6.92 Å². The molecule has 80 valence electrons. The van der Waals surface area contributed by atoms with Gasteiger partial charge in [-0.1, -0.05) is 5.92 Å². The Labute approximate surface area is 89.1 Å². The Morgan fingerprint density at radius 3 is 2.93 bits per heavy atom. The highest BCUT2D eigenvalue weighted by Crippen LogP contribution is 2.07. The fourth-order valence-electron chi connectivity index (χ4n) is 1.25. The molecule has 5 nitrogen and oxygen atoms in total. The van der Waals surface area contributed by atoms with Crippen molar-refractivity contribution in [2.75, 3.05) is 13.1 Å². The molecule has 0 N–H and O–H groups in total.